The molecule has 2 aromatic carbocycles. The molecule has 0 saturated heterocycles. The molecule has 0 amide bonds. The number of aliphatic hydroxyl groups excluding tert-OH is 1. The normalized spacial score (nSPS) is 12.2. The summed E-state index contributed by atoms with van der Waals surface area (Å²) in [5.41, 5.74) is 2.41. The average molecular weight is 295 g/mol. The Hall–Kier alpha value is -1.58. The molecular formula is C16H16ClFO2. The first-order chi connectivity index (χ1) is 9.51. The fourth-order valence-corrected chi connectivity index (χ4v) is 2.34. The van der Waals surface area contributed by atoms with Gasteiger partial charge in [0.1, 0.15) is 11.6 Å². The van der Waals surface area contributed by atoms with Gasteiger partial charge in [-0.3, -0.25) is 0 Å². The van der Waals surface area contributed by atoms with Gasteiger partial charge in [-0.15, -0.1) is 0 Å². The second kappa shape index (κ2) is 6.25. The van der Waals surface area contributed by atoms with E-state index in [4.69, 9.17) is 16.3 Å². The molecule has 0 saturated carbocycles. The van der Waals surface area contributed by atoms with Crippen molar-refractivity contribution in [3.8, 4) is 5.75 Å². The highest BCUT2D eigenvalue weighted by Gasteiger charge is 2.13. The Morgan fingerprint density at radius 2 is 2.00 bits per heavy atom. The van der Waals surface area contributed by atoms with Crippen LogP contribution in [0.4, 0.5) is 4.39 Å². The Bertz CT molecular complexity index is 613. The molecular weight excluding hydrogens is 279 g/mol. The third-order valence-corrected chi connectivity index (χ3v) is 3.58. The zero-order valence-corrected chi connectivity index (χ0v) is 12.1. The Labute approximate surface area is 122 Å². The number of benzene rings is 2. The zero-order chi connectivity index (χ0) is 14.7. The molecule has 0 fully saturated rings. The first kappa shape index (κ1) is 14.8. The van der Waals surface area contributed by atoms with Crippen LogP contribution in [0, 0.1) is 12.7 Å². The maximum Gasteiger partial charge on any atom is 0.137 e. The monoisotopic (exact) mass is 294 g/mol. The van der Waals surface area contributed by atoms with Gasteiger partial charge in [-0.2, -0.15) is 0 Å². The van der Waals surface area contributed by atoms with Gasteiger partial charge in [0.2, 0.25) is 0 Å². The van der Waals surface area contributed by atoms with Gasteiger partial charge in [0.15, 0.2) is 0 Å². The van der Waals surface area contributed by atoms with Crippen LogP contribution in [0.2, 0.25) is 5.02 Å². The quantitative estimate of drug-likeness (QED) is 0.921. The lowest BCUT2D eigenvalue weighted by Gasteiger charge is -2.14. The molecule has 0 radical (unpaired) electrons. The number of halogens is 2. The lowest BCUT2D eigenvalue weighted by molar-refractivity contribution is 0.178. The van der Waals surface area contributed by atoms with Crippen LogP contribution < -0.4 is 4.74 Å². The van der Waals surface area contributed by atoms with Gasteiger partial charge in [-0.1, -0.05) is 23.7 Å². The van der Waals surface area contributed by atoms with Gasteiger partial charge in [0.05, 0.1) is 18.2 Å². The second-order valence-electron chi connectivity index (χ2n) is 4.68. The van der Waals surface area contributed by atoms with Gasteiger partial charge in [-0.05, 0) is 47.9 Å². The van der Waals surface area contributed by atoms with E-state index >= 15 is 0 Å². The summed E-state index contributed by atoms with van der Waals surface area (Å²) in [7, 11) is 1.54. The topological polar surface area (TPSA) is 29.5 Å². The molecule has 2 nitrogen and oxygen atoms in total. The number of aryl methyl sites for hydroxylation is 1. The number of hydrogen-bond donors (Lipinski definition) is 1. The Kier molecular flexibility index (Phi) is 4.63. The number of hydrogen-bond acceptors (Lipinski definition) is 2. The van der Waals surface area contributed by atoms with Crippen molar-refractivity contribution in [1.82, 2.24) is 0 Å². The molecule has 0 aromatic heterocycles. The van der Waals surface area contributed by atoms with Crippen molar-refractivity contribution in [1.29, 1.82) is 0 Å². The standard InChI is InChI=1S/C16H16ClFO2/c1-10-3-5-13(18)7-12(10)9-15(19)11-4-6-16(20-2)14(17)8-11/h3-8,15,19H,9H2,1-2H3. The fourth-order valence-electron chi connectivity index (χ4n) is 2.08. The first-order valence-electron chi connectivity index (χ1n) is 6.28. The van der Waals surface area contributed by atoms with Crippen LogP contribution in [0.5, 0.6) is 5.75 Å². The minimum Gasteiger partial charge on any atom is -0.495 e. The minimum absolute atomic E-state index is 0.300. The van der Waals surface area contributed by atoms with Crippen molar-refractivity contribution in [2.45, 2.75) is 19.4 Å². The Morgan fingerprint density at radius 3 is 2.65 bits per heavy atom. The van der Waals surface area contributed by atoms with Gasteiger partial charge < -0.3 is 9.84 Å². The van der Waals surface area contributed by atoms with Crippen LogP contribution in [-0.4, -0.2) is 12.2 Å². The summed E-state index contributed by atoms with van der Waals surface area (Å²) in [5, 5.41) is 10.7. The summed E-state index contributed by atoms with van der Waals surface area (Å²) in [6.45, 7) is 1.89. The van der Waals surface area contributed by atoms with Crippen molar-refractivity contribution in [2.75, 3.05) is 7.11 Å². The van der Waals surface area contributed by atoms with E-state index < -0.39 is 6.10 Å². The summed E-state index contributed by atoms with van der Waals surface area (Å²) in [4.78, 5) is 0. The van der Waals surface area contributed by atoms with E-state index in [0.29, 0.717) is 22.8 Å². The predicted molar refractivity (Wildman–Crippen MR) is 77.8 cm³/mol. The van der Waals surface area contributed by atoms with E-state index in [2.05, 4.69) is 0 Å². The lowest BCUT2D eigenvalue weighted by Crippen LogP contribution is -2.04. The van der Waals surface area contributed by atoms with Crippen molar-refractivity contribution in [3.63, 3.8) is 0 Å². The van der Waals surface area contributed by atoms with E-state index in [1.807, 2.05) is 6.92 Å². The molecule has 0 spiro atoms. The summed E-state index contributed by atoms with van der Waals surface area (Å²) in [6, 6.07) is 9.69. The molecule has 1 atom stereocenters. The van der Waals surface area contributed by atoms with Gasteiger partial charge in [0.25, 0.3) is 0 Å². The summed E-state index contributed by atoms with van der Waals surface area (Å²) in [5.74, 6) is 0.259. The maximum absolute atomic E-state index is 13.2. The van der Waals surface area contributed by atoms with Crippen LogP contribution >= 0.6 is 11.6 Å². The fraction of sp³-hybridized carbons (Fsp3) is 0.250. The van der Waals surface area contributed by atoms with Crippen LogP contribution in [-0.2, 0) is 6.42 Å². The van der Waals surface area contributed by atoms with Crippen molar-refractivity contribution < 1.29 is 14.2 Å². The Morgan fingerprint density at radius 1 is 1.25 bits per heavy atom. The molecule has 20 heavy (non-hydrogen) atoms. The Balaban J connectivity index is 2.21. The molecule has 0 aliphatic heterocycles. The lowest BCUT2D eigenvalue weighted by atomic mass is 9.98. The van der Waals surface area contributed by atoms with E-state index in [1.165, 1.54) is 19.2 Å². The van der Waals surface area contributed by atoms with Crippen molar-refractivity contribution in [2.24, 2.45) is 0 Å². The molecule has 0 heterocycles. The molecule has 1 unspecified atom stereocenters. The number of aliphatic hydroxyl groups is 1. The van der Waals surface area contributed by atoms with Gasteiger partial charge in [-0.25, -0.2) is 4.39 Å². The molecule has 0 bridgehead atoms. The number of ether oxygens (including phenoxy) is 1. The maximum atomic E-state index is 13.2. The number of rotatable bonds is 4. The molecule has 1 N–H and O–H groups in total. The number of methoxy groups -OCH3 is 1. The van der Waals surface area contributed by atoms with Crippen LogP contribution in [0.25, 0.3) is 0 Å². The summed E-state index contributed by atoms with van der Waals surface area (Å²) in [6.07, 6.45) is -0.398. The molecule has 106 valence electrons. The van der Waals surface area contributed by atoms with E-state index in [-0.39, 0.29) is 5.82 Å². The zero-order valence-electron chi connectivity index (χ0n) is 11.4. The van der Waals surface area contributed by atoms with Gasteiger partial charge in [0, 0.05) is 6.42 Å². The van der Waals surface area contributed by atoms with Crippen LogP contribution in [0.15, 0.2) is 36.4 Å². The highest BCUT2D eigenvalue weighted by atomic mass is 35.5. The van der Waals surface area contributed by atoms with Crippen LogP contribution in [0.3, 0.4) is 0 Å². The smallest absolute Gasteiger partial charge is 0.137 e. The second-order valence-corrected chi connectivity index (χ2v) is 5.09. The minimum atomic E-state index is -0.737. The highest BCUT2D eigenvalue weighted by molar-refractivity contribution is 6.32. The van der Waals surface area contributed by atoms with Crippen molar-refractivity contribution >= 4 is 11.6 Å². The molecule has 4 heteroatoms. The molecule has 2 rings (SSSR count). The van der Waals surface area contributed by atoms with E-state index in [0.717, 1.165) is 11.1 Å². The highest BCUT2D eigenvalue weighted by Crippen LogP contribution is 2.29. The van der Waals surface area contributed by atoms with Crippen molar-refractivity contribution in [3.05, 3.63) is 63.9 Å². The molecule has 2 aromatic rings. The van der Waals surface area contributed by atoms with Crippen LogP contribution in [0.1, 0.15) is 22.8 Å². The van der Waals surface area contributed by atoms with E-state index in [9.17, 15) is 9.50 Å². The largest absolute Gasteiger partial charge is 0.495 e. The van der Waals surface area contributed by atoms with E-state index in [1.54, 1.807) is 24.3 Å². The summed E-state index contributed by atoms with van der Waals surface area (Å²) < 4.78 is 18.3. The van der Waals surface area contributed by atoms with Gasteiger partial charge >= 0.3 is 0 Å². The summed E-state index contributed by atoms with van der Waals surface area (Å²) >= 11 is 6.04. The SMILES string of the molecule is COc1ccc(C(O)Cc2cc(F)ccc2C)cc1Cl. The third kappa shape index (κ3) is 3.30. The average Bonchev–Trinajstić information content (AvgIpc) is 2.42. The molecule has 0 aliphatic carbocycles. The molecule has 0 aliphatic rings. The third-order valence-electron chi connectivity index (χ3n) is 3.29. The first-order valence-corrected chi connectivity index (χ1v) is 6.65. The predicted octanol–water partition coefficient (Wildman–Crippen LogP) is 4.07.